The molecule has 1 fully saturated rings. The zero-order valence-electron chi connectivity index (χ0n) is 14.7. The lowest BCUT2D eigenvalue weighted by Gasteiger charge is -2.40. The van der Waals surface area contributed by atoms with Gasteiger partial charge in [0.15, 0.2) is 0 Å². The van der Waals surface area contributed by atoms with Gasteiger partial charge in [-0.3, -0.25) is 4.79 Å². The molecule has 0 bridgehead atoms. The SMILES string of the molecule is COc1cccc(/C=C/[C@@]23NC(=O)CN2c2ccccc2C3(C)C)c1. The van der Waals surface area contributed by atoms with Crippen LogP contribution in [0.25, 0.3) is 6.08 Å². The number of hydrogen-bond donors (Lipinski definition) is 1. The van der Waals surface area contributed by atoms with Gasteiger partial charge in [0.2, 0.25) is 5.91 Å². The van der Waals surface area contributed by atoms with Gasteiger partial charge in [0.05, 0.1) is 13.7 Å². The van der Waals surface area contributed by atoms with Crippen molar-refractivity contribution in [1.82, 2.24) is 5.32 Å². The third-order valence-electron chi connectivity index (χ3n) is 5.49. The number of carbonyl (C=O) groups excluding carboxylic acids is 1. The smallest absolute Gasteiger partial charge is 0.241 e. The highest BCUT2D eigenvalue weighted by atomic mass is 16.5. The molecule has 2 aliphatic heterocycles. The number of para-hydroxylation sites is 1. The Bertz CT molecular complexity index is 872. The Hall–Kier alpha value is -2.75. The second kappa shape index (κ2) is 5.38. The Morgan fingerprint density at radius 3 is 2.76 bits per heavy atom. The summed E-state index contributed by atoms with van der Waals surface area (Å²) in [6.45, 7) is 4.75. The molecule has 0 unspecified atom stereocenters. The van der Waals surface area contributed by atoms with Crippen molar-refractivity contribution in [2.45, 2.75) is 24.9 Å². The van der Waals surface area contributed by atoms with E-state index in [1.807, 2.05) is 30.3 Å². The van der Waals surface area contributed by atoms with Crippen LogP contribution in [0.15, 0.2) is 54.6 Å². The number of carbonyl (C=O) groups is 1. The minimum atomic E-state index is -0.559. The maximum Gasteiger partial charge on any atom is 0.241 e. The Labute approximate surface area is 148 Å². The van der Waals surface area contributed by atoms with Crippen molar-refractivity contribution in [3.05, 3.63) is 65.7 Å². The molecule has 1 atom stereocenters. The number of rotatable bonds is 3. The Balaban J connectivity index is 1.81. The molecule has 2 aromatic rings. The van der Waals surface area contributed by atoms with E-state index in [-0.39, 0.29) is 11.3 Å². The second-order valence-electron chi connectivity index (χ2n) is 7.15. The molecule has 4 rings (SSSR count). The molecular weight excluding hydrogens is 312 g/mol. The summed E-state index contributed by atoms with van der Waals surface area (Å²) in [5.41, 5.74) is 2.62. The number of ether oxygens (including phenoxy) is 1. The normalized spacial score (nSPS) is 23.5. The van der Waals surface area contributed by atoms with Gasteiger partial charge in [-0.1, -0.05) is 50.3 Å². The van der Waals surface area contributed by atoms with Gasteiger partial charge < -0.3 is 15.0 Å². The van der Waals surface area contributed by atoms with Crippen LogP contribution in [-0.2, 0) is 10.2 Å². The van der Waals surface area contributed by atoms with E-state index < -0.39 is 5.66 Å². The summed E-state index contributed by atoms with van der Waals surface area (Å²) in [5, 5.41) is 3.23. The topological polar surface area (TPSA) is 41.6 Å². The quantitative estimate of drug-likeness (QED) is 0.936. The number of anilines is 1. The first-order chi connectivity index (χ1) is 12.0. The molecule has 0 radical (unpaired) electrons. The molecule has 0 saturated carbocycles. The largest absolute Gasteiger partial charge is 0.497 e. The van der Waals surface area contributed by atoms with Gasteiger partial charge in [-0.2, -0.15) is 0 Å². The van der Waals surface area contributed by atoms with Crippen molar-refractivity contribution in [3.63, 3.8) is 0 Å². The number of hydrogen-bond acceptors (Lipinski definition) is 3. The summed E-state index contributed by atoms with van der Waals surface area (Å²) in [6.07, 6.45) is 4.18. The van der Waals surface area contributed by atoms with Crippen LogP contribution < -0.4 is 15.0 Å². The van der Waals surface area contributed by atoms with Gasteiger partial charge in [0.25, 0.3) is 0 Å². The summed E-state index contributed by atoms with van der Waals surface area (Å²) in [6, 6.07) is 16.3. The van der Waals surface area contributed by atoms with Crippen LogP contribution in [0, 0.1) is 0 Å². The maximum atomic E-state index is 12.3. The summed E-state index contributed by atoms with van der Waals surface area (Å²) < 4.78 is 5.31. The lowest BCUT2D eigenvalue weighted by Crippen LogP contribution is -2.58. The Morgan fingerprint density at radius 2 is 1.96 bits per heavy atom. The van der Waals surface area contributed by atoms with Crippen molar-refractivity contribution in [2.24, 2.45) is 0 Å². The van der Waals surface area contributed by atoms with Gasteiger partial charge in [0, 0.05) is 11.1 Å². The number of amides is 1. The fourth-order valence-corrected chi connectivity index (χ4v) is 4.10. The predicted molar refractivity (Wildman–Crippen MR) is 99.7 cm³/mol. The van der Waals surface area contributed by atoms with E-state index in [0.717, 1.165) is 17.0 Å². The highest BCUT2D eigenvalue weighted by Gasteiger charge is 2.59. The van der Waals surface area contributed by atoms with Gasteiger partial charge in [0.1, 0.15) is 11.4 Å². The van der Waals surface area contributed by atoms with E-state index in [1.54, 1.807) is 7.11 Å². The van der Waals surface area contributed by atoms with Crippen molar-refractivity contribution < 1.29 is 9.53 Å². The number of nitrogens with zero attached hydrogens (tertiary/aromatic N) is 1. The van der Waals surface area contributed by atoms with Crippen LogP contribution in [0.3, 0.4) is 0 Å². The first-order valence-corrected chi connectivity index (χ1v) is 8.49. The van der Waals surface area contributed by atoms with Crippen LogP contribution in [0.2, 0.25) is 0 Å². The van der Waals surface area contributed by atoms with Crippen LogP contribution in [-0.4, -0.2) is 25.2 Å². The average Bonchev–Trinajstić information content (AvgIpc) is 3.05. The minimum Gasteiger partial charge on any atom is -0.497 e. The van der Waals surface area contributed by atoms with Gasteiger partial charge >= 0.3 is 0 Å². The molecule has 0 spiro atoms. The Kier molecular flexibility index (Phi) is 3.39. The number of fused-ring (bicyclic) bond motifs is 3. The third kappa shape index (κ3) is 2.17. The van der Waals surface area contributed by atoms with Crippen LogP contribution >= 0.6 is 0 Å². The van der Waals surface area contributed by atoms with E-state index in [1.165, 1.54) is 5.56 Å². The molecule has 2 heterocycles. The van der Waals surface area contributed by atoms with Crippen molar-refractivity contribution in [2.75, 3.05) is 18.6 Å². The van der Waals surface area contributed by atoms with E-state index in [0.29, 0.717) is 6.54 Å². The van der Waals surface area contributed by atoms with Crippen LogP contribution in [0.4, 0.5) is 5.69 Å². The van der Waals surface area contributed by atoms with Crippen molar-refractivity contribution in [1.29, 1.82) is 0 Å². The second-order valence-corrected chi connectivity index (χ2v) is 7.15. The van der Waals surface area contributed by atoms with Gasteiger partial charge in [-0.25, -0.2) is 0 Å². The van der Waals surface area contributed by atoms with Crippen molar-refractivity contribution >= 4 is 17.7 Å². The molecule has 1 amide bonds. The first-order valence-electron chi connectivity index (χ1n) is 8.49. The zero-order chi connectivity index (χ0) is 17.7. The van der Waals surface area contributed by atoms with Crippen LogP contribution in [0.5, 0.6) is 5.75 Å². The number of benzene rings is 2. The standard InChI is InChI=1S/C21H22N2O2/c1-20(2)17-9-4-5-10-18(17)23-14-19(24)22-21(20,23)12-11-15-7-6-8-16(13-15)25-3/h4-13H,14H2,1-3H3,(H,22,24)/b12-11+/t21-/m1/s1. The molecule has 2 aliphatic rings. The molecule has 0 aliphatic carbocycles. The fourth-order valence-electron chi connectivity index (χ4n) is 4.10. The summed E-state index contributed by atoms with van der Waals surface area (Å²) in [5.74, 6) is 0.874. The molecule has 2 aromatic carbocycles. The molecule has 4 nitrogen and oxygen atoms in total. The van der Waals surface area contributed by atoms with Crippen LogP contribution in [0.1, 0.15) is 25.0 Å². The van der Waals surface area contributed by atoms with E-state index in [9.17, 15) is 4.79 Å². The summed E-state index contributed by atoms with van der Waals surface area (Å²) in [4.78, 5) is 14.4. The van der Waals surface area contributed by atoms with E-state index in [2.05, 4.69) is 54.4 Å². The van der Waals surface area contributed by atoms with Gasteiger partial charge in [-0.05, 0) is 35.4 Å². The Morgan fingerprint density at radius 1 is 1.16 bits per heavy atom. The molecule has 128 valence electrons. The van der Waals surface area contributed by atoms with Crippen molar-refractivity contribution in [3.8, 4) is 5.75 Å². The van der Waals surface area contributed by atoms with E-state index >= 15 is 0 Å². The third-order valence-corrected chi connectivity index (χ3v) is 5.49. The molecule has 4 heteroatoms. The summed E-state index contributed by atoms with van der Waals surface area (Å²) in [7, 11) is 1.66. The number of methoxy groups -OCH3 is 1. The monoisotopic (exact) mass is 334 g/mol. The fraction of sp³-hybridized carbons (Fsp3) is 0.286. The summed E-state index contributed by atoms with van der Waals surface area (Å²) >= 11 is 0. The molecule has 25 heavy (non-hydrogen) atoms. The number of nitrogens with one attached hydrogen (secondary N) is 1. The lowest BCUT2D eigenvalue weighted by atomic mass is 9.75. The molecule has 0 aromatic heterocycles. The molecule has 1 N–H and O–H groups in total. The lowest BCUT2D eigenvalue weighted by molar-refractivity contribution is -0.118. The maximum absolute atomic E-state index is 12.3. The average molecular weight is 334 g/mol. The van der Waals surface area contributed by atoms with Gasteiger partial charge in [-0.15, -0.1) is 0 Å². The molecule has 1 saturated heterocycles. The molecular formula is C21H22N2O2. The highest BCUT2D eigenvalue weighted by Crippen LogP contribution is 2.52. The highest BCUT2D eigenvalue weighted by molar-refractivity contribution is 5.91. The predicted octanol–water partition coefficient (Wildman–Crippen LogP) is 3.33. The minimum absolute atomic E-state index is 0.0536. The van der Waals surface area contributed by atoms with E-state index in [4.69, 9.17) is 4.74 Å². The zero-order valence-corrected chi connectivity index (χ0v) is 14.7. The first kappa shape index (κ1) is 15.8.